The van der Waals surface area contributed by atoms with Crippen LogP contribution in [-0.4, -0.2) is 39.1 Å². The second kappa shape index (κ2) is 7.73. The molecule has 0 radical (unpaired) electrons. The molecule has 1 aliphatic rings. The molecule has 0 aliphatic carbocycles. The molecule has 0 amide bonds. The number of nitrogens with zero attached hydrogens (tertiary/aromatic N) is 1. The molecule has 4 atom stereocenters. The predicted octanol–water partition coefficient (Wildman–Crippen LogP) is 2.05. The Morgan fingerprint density at radius 1 is 1.37 bits per heavy atom. The summed E-state index contributed by atoms with van der Waals surface area (Å²) in [6.07, 6.45) is -2.45. The summed E-state index contributed by atoms with van der Waals surface area (Å²) in [6, 6.07) is 5.89. The summed E-state index contributed by atoms with van der Waals surface area (Å²) in [7, 11) is 0. The minimum Gasteiger partial charge on any atom is -0.394 e. The molecule has 1 aromatic carbocycles. The average molecular weight is 419 g/mol. The van der Waals surface area contributed by atoms with Crippen LogP contribution >= 0.6 is 23.2 Å². The van der Waals surface area contributed by atoms with Gasteiger partial charge in [0, 0.05) is 22.3 Å². The summed E-state index contributed by atoms with van der Waals surface area (Å²) in [4.78, 5) is 25.3. The van der Waals surface area contributed by atoms with Crippen LogP contribution in [0.15, 0.2) is 40.1 Å². The van der Waals surface area contributed by atoms with E-state index in [-0.39, 0.29) is 6.61 Å². The maximum Gasteiger partial charge on any atom is 0.330 e. The number of alkyl halides is 1. The highest BCUT2D eigenvalue weighted by Gasteiger charge is 2.56. The van der Waals surface area contributed by atoms with E-state index in [1.165, 1.54) is 13.0 Å². The maximum atomic E-state index is 15.5. The summed E-state index contributed by atoms with van der Waals surface area (Å²) in [5, 5.41) is 10.4. The number of hydrogen-bond donors (Lipinski definition) is 2. The molecule has 7 nitrogen and oxygen atoms in total. The molecule has 146 valence electrons. The third-order valence-electron chi connectivity index (χ3n) is 4.40. The van der Waals surface area contributed by atoms with Gasteiger partial charge < -0.3 is 14.6 Å². The molecule has 1 fully saturated rings. The van der Waals surface area contributed by atoms with E-state index in [1.807, 2.05) is 4.98 Å². The number of halogens is 3. The second-order valence-electron chi connectivity index (χ2n) is 6.35. The Balaban J connectivity index is 1.86. The lowest BCUT2D eigenvalue weighted by Crippen LogP contribution is -2.45. The van der Waals surface area contributed by atoms with Crippen molar-refractivity contribution in [1.29, 1.82) is 0 Å². The van der Waals surface area contributed by atoms with E-state index in [9.17, 15) is 14.7 Å². The zero-order valence-corrected chi connectivity index (χ0v) is 15.7. The first-order valence-corrected chi connectivity index (χ1v) is 8.82. The monoisotopic (exact) mass is 418 g/mol. The van der Waals surface area contributed by atoms with E-state index in [0.717, 1.165) is 16.8 Å². The lowest BCUT2D eigenvalue weighted by atomic mass is 9.98. The Bertz CT molecular complexity index is 945. The molecule has 0 saturated carbocycles. The van der Waals surface area contributed by atoms with Crippen molar-refractivity contribution in [2.75, 3.05) is 6.61 Å². The fourth-order valence-electron chi connectivity index (χ4n) is 3.05. The van der Waals surface area contributed by atoms with Crippen LogP contribution in [0.4, 0.5) is 4.39 Å². The average Bonchev–Trinajstić information content (AvgIpc) is 2.84. The van der Waals surface area contributed by atoms with Crippen molar-refractivity contribution in [3.63, 3.8) is 0 Å². The number of aromatic amines is 1. The largest absolute Gasteiger partial charge is 0.394 e. The number of benzene rings is 1. The topological polar surface area (TPSA) is 93.5 Å². The highest BCUT2D eigenvalue weighted by molar-refractivity contribution is 6.35. The van der Waals surface area contributed by atoms with E-state index < -0.39 is 42.0 Å². The Morgan fingerprint density at radius 3 is 2.74 bits per heavy atom. The first-order chi connectivity index (χ1) is 12.7. The van der Waals surface area contributed by atoms with E-state index in [1.54, 1.807) is 12.1 Å². The molecule has 0 spiro atoms. The molecule has 2 heterocycles. The first-order valence-electron chi connectivity index (χ1n) is 8.06. The molecule has 2 N–H and O–H groups in total. The number of aromatic nitrogens is 2. The van der Waals surface area contributed by atoms with Crippen molar-refractivity contribution in [2.24, 2.45) is 0 Å². The van der Waals surface area contributed by atoms with Gasteiger partial charge in [-0.3, -0.25) is 14.3 Å². The number of hydrogen-bond acceptors (Lipinski definition) is 5. The number of H-pyrrole nitrogens is 1. The van der Waals surface area contributed by atoms with Crippen LogP contribution in [0.25, 0.3) is 0 Å². The normalized spacial score (nSPS) is 27.8. The minimum absolute atomic E-state index is 0.0483. The third-order valence-corrected chi connectivity index (χ3v) is 4.98. The minimum atomic E-state index is -2.17. The molecule has 27 heavy (non-hydrogen) atoms. The van der Waals surface area contributed by atoms with Crippen molar-refractivity contribution < 1.29 is 19.0 Å². The van der Waals surface area contributed by atoms with Crippen molar-refractivity contribution in [3.8, 4) is 0 Å². The summed E-state index contributed by atoms with van der Waals surface area (Å²) in [5.41, 5.74) is -3.03. The van der Waals surface area contributed by atoms with Crippen LogP contribution in [-0.2, 0) is 16.1 Å². The smallest absolute Gasteiger partial charge is 0.330 e. The summed E-state index contributed by atoms with van der Waals surface area (Å²) >= 11 is 12.0. The highest BCUT2D eigenvalue weighted by atomic mass is 35.5. The van der Waals surface area contributed by atoms with Crippen LogP contribution < -0.4 is 11.2 Å². The van der Waals surface area contributed by atoms with Crippen LogP contribution in [0.3, 0.4) is 0 Å². The zero-order chi connectivity index (χ0) is 19.8. The fraction of sp³-hybridized carbons (Fsp3) is 0.412. The number of aliphatic hydroxyl groups excluding tert-OH is 1. The molecule has 1 saturated heterocycles. The van der Waals surface area contributed by atoms with Gasteiger partial charge in [0.05, 0.1) is 13.2 Å². The summed E-state index contributed by atoms with van der Waals surface area (Å²) in [5.74, 6) is 0. The van der Waals surface area contributed by atoms with Gasteiger partial charge in [-0.1, -0.05) is 29.3 Å². The lowest BCUT2D eigenvalue weighted by molar-refractivity contribution is -0.0675. The van der Waals surface area contributed by atoms with E-state index in [4.69, 9.17) is 32.7 Å². The van der Waals surface area contributed by atoms with Crippen molar-refractivity contribution in [2.45, 2.75) is 37.6 Å². The molecule has 3 rings (SSSR count). The van der Waals surface area contributed by atoms with Gasteiger partial charge in [0.25, 0.3) is 5.56 Å². The van der Waals surface area contributed by atoms with Crippen LogP contribution in [0.5, 0.6) is 0 Å². The standard InChI is InChI=1S/C17H17Cl2FN2O5/c1-17(20)14(26-8-9-2-3-10(18)6-11(9)19)12(7-23)27-15(17)22-5-4-13(24)21-16(22)25/h2-6,12,14-15,23H,7-8H2,1H3,(H,21,24,25)/t12-,14-,15-,17+/m1/s1. The number of aliphatic hydroxyl groups is 1. The molecular weight excluding hydrogens is 402 g/mol. The first kappa shape index (κ1) is 20.0. The molecule has 0 bridgehead atoms. The molecule has 1 aromatic heterocycles. The van der Waals surface area contributed by atoms with Gasteiger partial charge in [-0.05, 0) is 24.6 Å². The van der Waals surface area contributed by atoms with Crippen LogP contribution in [0.2, 0.25) is 10.0 Å². The molecule has 2 aromatic rings. The molecule has 10 heteroatoms. The Morgan fingerprint density at radius 2 is 2.11 bits per heavy atom. The van der Waals surface area contributed by atoms with Gasteiger partial charge in [0.2, 0.25) is 0 Å². The molecular formula is C17H17Cl2FN2O5. The molecule has 1 aliphatic heterocycles. The Labute approximate surface area is 163 Å². The fourth-order valence-corrected chi connectivity index (χ4v) is 3.51. The van der Waals surface area contributed by atoms with Crippen molar-refractivity contribution in [3.05, 3.63) is 66.9 Å². The van der Waals surface area contributed by atoms with Crippen LogP contribution in [0.1, 0.15) is 18.7 Å². The van der Waals surface area contributed by atoms with Gasteiger partial charge in [-0.25, -0.2) is 9.18 Å². The Kier molecular flexibility index (Phi) is 5.73. The predicted molar refractivity (Wildman–Crippen MR) is 96.9 cm³/mol. The highest BCUT2D eigenvalue weighted by Crippen LogP contribution is 2.42. The van der Waals surface area contributed by atoms with E-state index in [2.05, 4.69) is 0 Å². The lowest BCUT2D eigenvalue weighted by Gasteiger charge is -2.28. The van der Waals surface area contributed by atoms with Crippen LogP contribution in [0, 0.1) is 0 Å². The summed E-state index contributed by atoms with van der Waals surface area (Å²) < 4.78 is 27.7. The van der Waals surface area contributed by atoms with Crippen molar-refractivity contribution in [1.82, 2.24) is 9.55 Å². The zero-order valence-electron chi connectivity index (χ0n) is 14.2. The number of nitrogens with one attached hydrogen (secondary N) is 1. The van der Waals surface area contributed by atoms with Crippen molar-refractivity contribution >= 4 is 23.2 Å². The van der Waals surface area contributed by atoms with Gasteiger partial charge in [-0.15, -0.1) is 0 Å². The van der Waals surface area contributed by atoms with Gasteiger partial charge >= 0.3 is 5.69 Å². The maximum absolute atomic E-state index is 15.5. The second-order valence-corrected chi connectivity index (χ2v) is 7.19. The van der Waals surface area contributed by atoms with Gasteiger partial charge in [0.15, 0.2) is 11.9 Å². The Hall–Kier alpha value is -1.71. The summed E-state index contributed by atoms with van der Waals surface area (Å²) in [6.45, 7) is 0.638. The molecule has 0 unspecified atom stereocenters. The van der Waals surface area contributed by atoms with E-state index in [0.29, 0.717) is 15.6 Å². The van der Waals surface area contributed by atoms with Gasteiger partial charge in [0.1, 0.15) is 12.2 Å². The number of ether oxygens (including phenoxy) is 2. The van der Waals surface area contributed by atoms with E-state index >= 15 is 4.39 Å². The number of rotatable bonds is 5. The SMILES string of the molecule is C[C@]1(F)[C@H](OCc2ccc(Cl)cc2Cl)[C@@H](CO)O[C@H]1n1ccc(=O)[nH]c1=O. The quantitative estimate of drug-likeness (QED) is 0.774. The third kappa shape index (κ3) is 3.95. The van der Waals surface area contributed by atoms with Gasteiger partial charge in [-0.2, -0.15) is 0 Å².